The van der Waals surface area contributed by atoms with Crippen LogP contribution in [0.4, 0.5) is 5.82 Å². The molecule has 1 aliphatic rings. The van der Waals surface area contributed by atoms with Gasteiger partial charge in [-0.1, -0.05) is 25.9 Å². The first kappa shape index (κ1) is 19.9. The fraction of sp³-hybridized carbons (Fsp3) is 0.667. The van der Waals surface area contributed by atoms with E-state index in [1.54, 1.807) is 17.9 Å². The first-order valence-corrected chi connectivity index (χ1v) is 8.82. The molecule has 0 spiro atoms. The van der Waals surface area contributed by atoms with Crippen LogP contribution in [-0.4, -0.2) is 47.0 Å². The van der Waals surface area contributed by atoms with Crippen molar-refractivity contribution < 1.29 is 23.6 Å². The van der Waals surface area contributed by atoms with E-state index in [9.17, 15) is 14.4 Å². The number of nitrogens with one attached hydrogen (secondary N) is 1. The molecule has 8 nitrogen and oxygen atoms in total. The first-order chi connectivity index (χ1) is 12.1. The molecule has 1 saturated heterocycles. The molecule has 144 valence electrons. The normalized spacial score (nSPS) is 16.9. The molecule has 0 aliphatic carbocycles. The lowest BCUT2D eigenvalue weighted by atomic mass is 9.91. The molecule has 0 unspecified atom stereocenters. The summed E-state index contributed by atoms with van der Waals surface area (Å²) in [5.41, 5.74) is -0.431. The van der Waals surface area contributed by atoms with Gasteiger partial charge in [0.05, 0.1) is 5.92 Å². The van der Waals surface area contributed by atoms with Crippen LogP contribution in [0.3, 0.4) is 0 Å². The summed E-state index contributed by atoms with van der Waals surface area (Å²) in [6.45, 7) is 9.91. The molecule has 1 aromatic heterocycles. The average molecular weight is 365 g/mol. The van der Waals surface area contributed by atoms with E-state index in [4.69, 9.17) is 9.26 Å². The highest BCUT2D eigenvalue weighted by Gasteiger charge is 2.34. The standard InChI is InChI=1S/C18H27N3O5/c1-11-10-14(20-26-11)19-15(22)12(2)25-16(23)13-6-8-21(9-7-13)17(24)18(3,4)5/h10,12-13H,6-9H2,1-5H3,(H,19,20,22)/t12-/m0/s1. The minimum absolute atomic E-state index is 0.0833. The van der Waals surface area contributed by atoms with Crippen molar-refractivity contribution in [1.29, 1.82) is 0 Å². The molecule has 0 radical (unpaired) electrons. The lowest BCUT2D eigenvalue weighted by Crippen LogP contribution is -2.45. The van der Waals surface area contributed by atoms with Crippen molar-refractivity contribution in [2.24, 2.45) is 11.3 Å². The number of ether oxygens (including phenoxy) is 1. The van der Waals surface area contributed by atoms with E-state index >= 15 is 0 Å². The van der Waals surface area contributed by atoms with Gasteiger partial charge in [-0.15, -0.1) is 0 Å². The number of rotatable bonds is 4. The monoisotopic (exact) mass is 365 g/mol. The molecule has 1 fully saturated rings. The van der Waals surface area contributed by atoms with Gasteiger partial charge < -0.3 is 19.5 Å². The number of carbonyl (C=O) groups excluding carboxylic acids is 3. The van der Waals surface area contributed by atoms with Crippen LogP contribution in [0, 0.1) is 18.3 Å². The minimum atomic E-state index is -0.936. The summed E-state index contributed by atoms with van der Waals surface area (Å²) < 4.78 is 10.2. The summed E-state index contributed by atoms with van der Waals surface area (Å²) in [5.74, 6) is -0.242. The van der Waals surface area contributed by atoms with Gasteiger partial charge in [-0.25, -0.2) is 0 Å². The number of hydrogen-bond acceptors (Lipinski definition) is 6. The van der Waals surface area contributed by atoms with Gasteiger partial charge in [-0.2, -0.15) is 0 Å². The predicted octanol–water partition coefficient (Wildman–Crippen LogP) is 2.14. The summed E-state index contributed by atoms with van der Waals surface area (Å²) in [6, 6.07) is 1.58. The van der Waals surface area contributed by atoms with Gasteiger partial charge in [0.25, 0.3) is 5.91 Å². The van der Waals surface area contributed by atoms with Gasteiger partial charge in [0.2, 0.25) is 5.91 Å². The predicted molar refractivity (Wildman–Crippen MR) is 94.2 cm³/mol. The van der Waals surface area contributed by atoms with Crippen molar-refractivity contribution in [3.63, 3.8) is 0 Å². The van der Waals surface area contributed by atoms with E-state index in [1.807, 2.05) is 20.8 Å². The van der Waals surface area contributed by atoms with Gasteiger partial charge in [0, 0.05) is 24.6 Å². The molecular formula is C18H27N3O5. The van der Waals surface area contributed by atoms with Crippen LogP contribution < -0.4 is 5.32 Å². The number of esters is 1. The summed E-state index contributed by atoms with van der Waals surface area (Å²) in [4.78, 5) is 38.4. The summed E-state index contributed by atoms with van der Waals surface area (Å²) in [5, 5.41) is 6.20. The number of carbonyl (C=O) groups is 3. The van der Waals surface area contributed by atoms with E-state index in [2.05, 4.69) is 10.5 Å². The van der Waals surface area contributed by atoms with Crippen molar-refractivity contribution in [3.8, 4) is 0 Å². The second-order valence-electron chi connectivity index (χ2n) is 7.71. The van der Waals surface area contributed by atoms with Crippen molar-refractivity contribution in [2.75, 3.05) is 18.4 Å². The lowest BCUT2D eigenvalue weighted by Gasteiger charge is -2.35. The summed E-state index contributed by atoms with van der Waals surface area (Å²) in [7, 11) is 0. The van der Waals surface area contributed by atoms with Crippen LogP contribution in [0.2, 0.25) is 0 Å². The van der Waals surface area contributed by atoms with Gasteiger partial charge in [-0.3, -0.25) is 14.4 Å². The largest absolute Gasteiger partial charge is 0.452 e. The second-order valence-corrected chi connectivity index (χ2v) is 7.71. The van der Waals surface area contributed by atoms with Crippen LogP contribution >= 0.6 is 0 Å². The fourth-order valence-electron chi connectivity index (χ4n) is 2.77. The van der Waals surface area contributed by atoms with Gasteiger partial charge in [0.15, 0.2) is 11.9 Å². The molecule has 2 heterocycles. The highest BCUT2D eigenvalue weighted by molar-refractivity contribution is 5.94. The SMILES string of the molecule is Cc1cc(NC(=O)[C@H](C)OC(=O)C2CCN(C(=O)C(C)(C)C)CC2)no1. The van der Waals surface area contributed by atoms with Crippen LogP contribution in [-0.2, 0) is 19.1 Å². The Balaban J connectivity index is 1.81. The Morgan fingerprint density at radius 3 is 2.42 bits per heavy atom. The van der Waals surface area contributed by atoms with Crippen LogP contribution in [0.5, 0.6) is 0 Å². The Morgan fingerprint density at radius 1 is 1.31 bits per heavy atom. The third-order valence-corrected chi connectivity index (χ3v) is 4.30. The van der Waals surface area contributed by atoms with E-state index in [0.29, 0.717) is 31.7 Å². The lowest BCUT2D eigenvalue weighted by molar-refractivity contribution is -0.160. The molecule has 26 heavy (non-hydrogen) atoms. The van der Waals surface area contributed by atoms with Crippen LogP contribution in [0.15, 0.2) is 10.6 Å². The Morgan fingerprint density at radius 2 is 1.92 bits per heavy atom. The quantitative estimate of drug-likeness (QED) is 0.820. The summed E-state index contributed by atoms with van der Waals surface area (Å²) in [6.07, 6.45) is 0.142. The maximum atomic E-state index is 12.3. The third-order valence-electron chi connectivity index (χ3n) is 4.30. The molecule has 0 bridgehead atoms. The number of aromatic nitrogens is 1. The number of amides is 2. The number of hydrogen-bond donors (Lipinski definition) is 1. The van der Waals surface area contributed by atoms with E-state index in [1.165, 1.54) is 6.92 Å². The van der Waals surface area contributed by atoms with Gasteiger partial charge >= 0.3 is 5.97 Å². The Hall–Kier alpha value is -2.38. The van der Waals surface area contributed by atoms with Crippen molar-refractivity contribution >= 4 is 23.6 Å². The highest BCUT2D eigenvalue weighted by Crippen LogP contribution is 2.24. The zero-order chi connectivity index (χ0) is 19.5. The van der Waals surface area contributed by atoms with Crippen molar-refractivity contribution in [1.82, 2.24) is 10.1 Å². The van der Waals surface area contributed by atoms with Crippen LogP contribution in [0.1, 0.15) is 46.3 Å². The van der Waals surface area contributed by atoms with Crippen LogP contribution in [0.25, 0.3) is 0 Å². The molecule has 1 aromatic rings. The maximum absolute atomic E-state index is 12.3. The molecule has 0 aromatic carbocycles. The Kier molecular flexibility index (Phi) is 6.05. The zero-order valence-electron chi connectivity index (χ0n) is 16.0. The number of likely N-dealkylation sites (tertiary alicyclic amines) is 1. The molecular weight excluding hydrogens is 338 g/mol. The Bertz CT molecular complexity index is 669. The molecule has 0 saturated carbocycles. The van der Waals surface area contributed by atoms with E-state index in [0.717, 1.165) is 0 Å². The Labute approximate surface area is 153 Å². The second kappa shape index (κ2) is 7.88. The number of piperidine rings is 1. The molecule has 1 aliphatic heterocycles. The fourth-order valence-corrected chi connectivity index (χ4v) is 2.77. The molecule has 2 rings (SSSR count). The smallest absolute Gasteiger partial charge is 0.309 e. The topological polar surface area (TPSA) is 102 Å². The third kappa shape index (κ3) is 5.06. The van der Waals surface area contributed by atoms with Crippen molar-refractivity contribution in [3.05, 3.63) is 11.8 Å². The number of aryl methyl sites for hydroxylation is 1. The molecule has 8 heteroatoms. The zero-order valence-corrected chi connectivity index (χ0v) is 16.0. The summed E-state index contributed by atoms with van der Waals surface area (Å²) >= 11 is 0. The van der Waals surface area contributed by atoms with Gasteiger partial charge in [-0.05, 0) is 26.7 Å². The van der Waals surface area contributed by atoms with Gasteiger partial charge in [0.1, 0.15) is 5.76 Å². The molecule has 1 atom stereocenters. The molecule has 1 N–H and O–H groups in total. The highest BCUT2D eigenvalue weighted by atomic mass is 16.5. The van der Waals surface area contributed by atoms with E-state index in [-0.39, 0.29) is 17.6 Å². The molecule has 2 amide bonds. The number of anilines is 1. The minimum Gasteiger partial charge on any atom is -0.452 e. The average Bonchev–Trinajstić information content (AvgIpc) is 2.98. The number of nitrogens with zero attached hydrogens (tertiary/aromatic N) is 2. The maximum Gasteiger partial charge on any atom is 0.309 e. The van der Waals surface area contributed by atoms with E-state index < -0.39 is 23.4 Å². The first-order valence-electron chi connectivity index (χ1n) is 8.82. The van der Waals surface area contributed by atoms with Crippen molar-refractivity contribution in [2.45, 2.75) is 53.6 Å².